The van der Waals surface area contributed by atoms with Crippen molar-refractivity contribution in [1.82, 2.24) is 0 Å². The summed E-state index contributed by atoms with van der Waals surface area (Å²) in [6.07, 6.45) is -9.80. The van der Waals surface area contributed by atoms with Gasteiger partial charge in [-0.15, -0.1) is 11.3 Å². The topological polar surface area (TPSA) is 0 Å². The summed E-state index contributed by atoms with van der Waals surface area (Å²) in [7, 11) is 0. The van der Waals surface area contributed by atoms with E-state index in [0.29, 0.717) is 14.6 Å². The SMILES string of the molecule is FC(F)(F)c1cc2c(sc3cc(Br)ccc32)c(C(F)(F)F)c1Br. The van der Waals surface area contributed by atoms with Crippen LogP contribution in [0.15, 0.2) is 33.2 Å². The maximum Gasteiger partial charge on any atom is 0.418 e. The first-order valence-electron chi connectivity index (χ1n) is 5.99. The smallest absolute Gasteiger partial charge is 0.166 e. The second kappa shape index (κ2) is 5.35. The molecule has 0 aliphatic heterocycles. The number of benzene rings is 2. The largest absolute Gasteiger partial charge is 0.418 e. The van der Waals surface area contributed by atoms with Crippen LogP contribution in [0, 0.1) is 0 Å². The van der Waals surface area contributed by atoms with Crippen LogP contribution in [0.2, 0.25) is 0 Å². The van der Waals surface area contributed by atoms with Crippen LogP contribution in [-0.4, -0.2) is 0 Å². The zero-order chi connectivity index (χ0) is 17.2. The Hall–Kier alpha value is -0.800. The minimum Gasteiger partial charge on any atom is -0.166 e. The van der Waals surface area contributed by atoms with E-state index in [0.717, 1.165) is 17.4 Å². The molecule has 3 aromatic rings. The lowest BCUT2D eigenvalue weighted by Crippen LogP contribution is -2.12. The van der Waals surface area contributed by atoms with Gasteiger partial charge in [-0.1, -0.05) is 22.0 Å². The lowest BCUT2D eigenvalue weighted by Gasteiger charge is -2.16. The molecular formula is C14H4Br2F6S. The van der Waals surface area contributed by atoms with Gasteiger partial charge >= 0.3 is 12.4 Å². The molecule has 1 heterocycles. The predicted octanol–water partition coefficient (Wildman–Crippen LogP) is 7.62. The highest BCUT2D eigenvalue weighted by Gasteiger charge is 2.42. The van der Waals surface area contributed by atoms with E-state index in [1.54, 1.807) is 12.1 Å². The lowest BCUT2D eigenvalue weighted by molar-refractivity contribution is -0.143. The molecule has 0 saturated carbocycles. The van der Waals surface area contributed by atoms with Gasteiger partial charge in [0.2, 0.25) is 0 Å². The first-order valence-corrected chi connectivity index (χ1v) is 8.39. The van der Waals surface area contributed by atoms with Crippen LogP contribution in [0.4, 0.5) is 26.3 Å². The van der Waals surface area contributed by atoms with E-state index in [-0.39, 0.29) is 10.1 Å². The summed E-state index contributed by atoms with van der Waals surface area (Å²) in [4.78, 5) is 0. The maximum absolute atomic E-state index is 13.4. The third-order valence-corrected chi connectivity index (χ3v) is 5.75. The zero-order valence-electron chi connectivity index (χ0n) is 10.7. The highest BCUT2D eigenvalue weighted by atomic mass is 79.9. The van der Waals surface area contributed by atoms with Crippen molar-refractivity contribution in [1.29, 1.82) is 0 Å². The van der Waals surface area contributed by atoms with Crippen LogP contribution in [0.1, 0.15) is 11.1 Å². The number of rotatable bonds is 0. The maximum atomic E-state index is 13.4. The van der Waals surface area contributed by atoms with Crippen LogP contribution in [0.3, 0.4) is 0 Å². The molecule has 0 aliphatic rings. The number of hydrogen-bond donors (Lipinski definition) is 0. The first kappa shape index (κ1) is 17.0. The highest BCUT2D eigenvalue weighted by molar-refractivity contribution is 9.10. The van der Waals surface area contributed by atoms with Gasteiger partial charge in [0.05, 0.1) is 11.1 Å². The molecular weight excluding hydrogens is 474 g/mol. The van der Waals surface area contributed by atoms with Gasteiger partial charge in [0, 0.05) is 29.1 Å². The molecule has 0 radical (unpaired) electrons. The standard InChI is InChI=1S/C14H4Br2F6S/c15-5-1-2-6-7-4-8(13(17,18)19)11(16)10(14(20,21)22)12(7)23-9(6)3-5/h1-4H. The molecule has 0 unspecified atom stereocenters. The summed E-state index contributed by atoms with van der Waals surface area (Å²) in [6, 6.07) is 5.44. The summed E-state index contributed by atoms with van der Waals surface area (Å²) in [5.74, 6) is 0. The Morgan fingerprint density at radius 3 is 2.04 bits per heavy atom. The fraction of sp³-hybridized carbons (Fsp3) is 0.143. The van der Waals surface area contributed by atoms with Crippen LogP contribution in [0.5, 0.6) is 0 Å². The number of hydrogen-bond acceptors (Lipinski definition) is 1. The van der Waals surface area contributed by atoms with Crippen molar-refractivity contribution < 1.29 is 26.3 Å². The fourth-order valence-corrected chi connectivity index (χ4v) is 5.02. The van der Waals surface area contributed by atoms with Gasteiger partial charge in [-0.05, 0) is 34.1 Å². The quantitative estimate of drug-likeness (QED) is 0.292. The number of alkyl halides is 6. The summed E-state index contributed by atoms with van der Waals surface area (Å²) in [5, 5.41) is 0.303. The Labute approximate surface area is 146 Å². The van der Waals surface area contributed by atoms with E-state index < -0.39 is 28.0 Å². The first-order chi connectivity index (χ1) is 10.5. The minimum atomic E-state index is -4.91. The third-order valence-electron chi connectivity index (χ3n) is 3.25. The van der Waals surface area contributed by atoms with Crippen LogP contribution in [-0.2, 0) is 12.4 Å². The second-order valence-corrected chi connectivity index (χ2v) is 7.49. The Bertz CT molecular complexity index is 923. The van der Waals surface area contributed by atoms with Crippen molar-refractivity contribution >= 4 is 63.4 Å². The van der Waals surface area contributed by atoms with Crippen molar-refractivity contribution in [3.63, 3.8) is 0 Å². The molecule has 0 bridgehead atoms. The molecule has 0 nitrogen and oxygen atoms in total. The van der Waals surface area contributed by atoms with E-state index in [9.17, 15) is 26.3 Å². The molecule has 0 spiro atoms. The molecule has 0 saturated heterocycles. The fourth-order valence-electron chi connectivity index (χ4n) is 2.32. The molecule has 122 valence electrons. The van der Waals surface area contributed by atoms with Crippen molar-refractivity contribution in [2.75, 3.05) is 0 Å². The summed E-state index contributed by atoms with van der Waals surface area (Å²) < 4.78 is 79.3. The van der Waals surface area contributed by atoms with E-state index in [4.69, 9.17) is 0 Å². The summed E-state index contributed by atoms with van der Waals surface area (Å²) in [6.45, 7) is 0. The molecule has 2 aromatic carbocycles. The summed E-state index contributed by atoms with van der Waals surface area (Å²) >= 11 is 6.52. The lowest BCUT2D eigenvalue weighted by atomic mass is 10.0. The summed E-state index contributed by atoms with van der Waals surface area (Å²) in [5.41, 5.74) is -2.63. The van der Waals surface area contributed by atoms with Gasteiger partial charge in [0.15, 0.2) is 0 Å². The van der Waals surface area contributed by atoms with Gasteiger partial charge in [0.25, 0.3) is 0 Å². The number of thiophene rings is 1. The van der Waals surface area contributed by atoms with Gasteiger partial charge in [-0.25, -0.2) is 0 Å². The van der Waals surface area contributed by atoms with E-state index in [1.807, 2.05) is 0 Å². The van der Waals surface area contributed by atoms with E-state index in [2.05, 4.69) is 31.9 Å². The van der Waals surface area contributed by atoms with Gasteiger partial charge in [0.1, 0.15) is 0 Å². The molecule has 0 atom stereocenters. The molecule has 0 fully saturated rings. The molecule has 0 aliphatic carbocycles. The molecule has 0 amide bonds. The Morgan fingerprint density at radius 2 is 1.48 bits per heavy atom. The average Bonchev–Trinajstić information content (AvgIpc) is 2.71. The number of halogens is 8. The van der Waals surface area contributed by atoms with Crippen LogP contribution >= 0.6 is 43.2 Å². The minimum absolute atomic E-state index is 0.0552. The van der Waals surface area contributed by atoms with Gasteiger partial charge < -0.3 is 0 Å². The van der Waals surface area contributed by atoms with Crippen molar-refractivity contribution in [2.45, 2.75) is 12.4 Å². The van der Waals surface area contributed by atoms with Crippen molar-refractivity contribution in [3.05, 3.63) is 44.3 Å². The Kier molecular flexibility index (Phi) is 3.97. The molecule has 9 heteroatoms. The molecule has 0 N–H and O–H groups in total. The van der Waals surface area contributed by atoms with E-state index in [1.165, 1.54) is 6.07 Å². The van der Waals surface area contributed by atoms with Crippen molar-refractivity contribution in [3.8, 4) is 0 Å². The predicted molar refractivity (Wildman–Crippen MR) is 84.7 cm³/mol. The molecule has 3 rings (SSSR count). The molecule has 23 heavy (non-hydrogen) atoms. The highest BCUT2D eigenvalue weighted by Crippen LogP contribution is 2.50. The zero-order valence-corrected chi connectivity index (χ0v) is 14.7. The van der Waals surface area contributed by atoms with Gasteiger partial charge in [-0.2, -0.15) is 26.3 Å². The second-order valence-electron chi connectivity index (χ2n) is 4.73. The van der Waals surface area contributed by atoms with Gasteiger partial charge in [-0.3, -0.25) is 0 Å². The molecule has 1 aromatic heterocycles. The van der Waals surface area contributed by atoms with Crippen LogP contribution < -0.4 is 0 Å². The van der Waals surface area contributed by atoms with Crippen molar-refractivity contribution in [2.24, 2.45) is 0 Å². The van der Waals surface area contributed by atoms with Crippen LogP contribution in [0.25, 0.3) is 20.2 Å². The average molecular weight is 478 g/mol. The van der Waals surface area contributed by atoms with E-state index >= 15 is 0 Å². The number of fused-ring (bicyclic) bond motifs is 3. The Morgan fingerprint density at radius 1 is 0.826 bits per heavy atom. The third kappa shape index (κ3) is 2.87. The monoisotopic (exact) mass is 476 g/mol. The Balaban J connectivity index is 2.55. The normalized spacial score (nSPS) is 13.2.